The van der Waals surface area contributed by atoms with Crippen molar-refractivity contribution in [3.8, 4) is 11.5 Å². The molecule has 0 fully saturated rings. The second kappa shape index (κ2) is 8.30. The molecule has 0 heterocycles. The molecule has 0 saturated heterocycles. The van der Waals surface area contributed by atoms with E-state index >= 15 is 0 Å². The zero-order valence-electron chi connectivity index (χ0n) is 16.1. The number of amides is 1. The van der Waals surface area contributed by atoms with Gasteiger partial charge in [0.25, 0.3) is 0 Å². The maximum Gasteiger partial charge on any atom is 0.245 e. The van der Waals surface area contributed by atoms with Crippen LogP contribution in [0, 0.1) is 13.8 Å². The van der Waals surface area contributed by atoms with Gasteiger partial charge in [-0.1, -0.05) is 18.2 Å². The predicted octanol–water partition coefficient (Wildman–Crippen LogP) is 2.73. The Morgan fingerprint density at radius 1 is 1.07 bits per heavy atom. The largest absolute Gasteiger partial charge is 0.497 e. The fraction of sp³-hybridized carbons (Fsp3) is 0.316. The molecule has 0 aliphatic heterocycles. The standard InChI is InChI=1S/C19H24N2O5S/c1-13-7-6-8-14(2)19(13)20-18(22)12-21(27(5,23)24)16-10-9-15(25-3)11-17(16)26-4/h6-11H,12H2,1-5H3,(H,20,22). The summed E-state index contributed by atoms with van der Waals surface area (Å²) in [4.78, 5) is 12.6. The lowest BCUT2D eigenvalue weighted by Crippen LogP contribution is -2.37. The van der Waals surface area contributed by atoms with Crippen LogP contribution in [0.15, 0.2) is 36.4 Å². The van der Waals surface area contributed by atoms with E-state index in [1.54, 1.807) is 18.2 Å². The highest BCUT2D eigenvalue weighted by atomic mass is 32.2. The Bertz CT molecular complexity index is 921. The summed E-state index contributed by atoms with van der Waals surface area (Å²) in [5.74, 6) is 0.361. The average molecular weight is 392 g/mol. The molecule has 0 radical (unpaired) electrons. The normalized spacial score (nSPS) is 11.0. The molecular formula is C19H24N2O5S. The molecule has 1 amide bonds. The minimum Gasteiger partial charge on any atom is -0.497 e. The molecule has 0 bridgehead atoms. The van der Waals surface area contributed by atoms with Crippen molar-refractivity contribution in [1.82, 2.24) is 0 Å². The second-order valence-corrected chi connectivity index (χ2v) is 8.03. The van der Waals surface area contributed by atoms with Gasteiger partial charge < -0.3 is 14.8 Å². The number of benzene rings is 2. The van der Waals surface area contributed by atoms with Gasteiger partial charge in [0.05, 0.1) is 26.2 Å². The number of sulfonamides is 1. The van der Waals surface area contributed by atoms with E-state index < -0.39 is 15.9 Å². The van der Waals surface area contributed by atoms with Gasteiger partial charge >= 0.3 is 0 Å². The van der Waals surface area contributed by atoms with Gasteiger partial charge in [0.1, 0.15) is 18.0 Å². The first-order chi connectivity index (χ1) is 12.7. The Morgan fingerprint density at radius 2 is 1.70 bits per heavy atom. The summed E-state index contributed by atoms with van der Waals surface area (Å²) >= 11 is 0. The molecule has 0 aliphatic carbocycles. The number of nitrogens with zero attached hydrogens (tertiary/aromatic N) is 1. The number of nitrogens with one attached hydrogen (secondary N) is 1. The summed E-state index contributed by atoms with van der Waals surface area (Å²) in [7, 11) is -0.799. The highest BCUT2D eigenvalue weighted by Gasteiger charge is 2.24. The lowest BCUT2D eigenvalue weighted by atomic mass is 10.1. The maximum atomic E-state index is 12.6. The molecule has 2 aromatic rings. The van der Waals surface area contributed by atoms with Gasteiger partial charge in [-0.05, 0) is 37.1 Å². The average Bonchev–Trinajstić information content (AvgIpc) is 2.61. The van der Waals surface area contributed by atoms with Gasteiger partial charge in [-0.3, -0.25) is 9.10 Å². The molecule has 27 heavy (non-hydrogen) atoms. The Kier molecular flexibility index (Phi) is 6.32. The van der Waals surface area contributed by atoms with Crippen LogP contribution in [-0.4, -0.2) is 41.3 Å². The van der Waals surface area contributed by atoms with Gasteiger partial charge in [0.2, 0.25) is 15.9 Å². The number of carbonyl (C=O) groups is 1. The van der Waals surface area contributed by atoms with Gasteiger partial charge in [-0.2, -0.15) is 0 Å². The molecule has 2 aromatic carbocycles. The highest BCUT2D eigenvalue weighted by molar-refractivity contribution is 7.92. The van der Waals surface area contributed by atoms with E-state index in [9.17, 15) is 13.2 Å². The van der Waals surface area contributed by atoms with Crippen molar-refractivity contribution in [2.24, 2.45) is 0 Å². The Labute approximate surface area is 160 Å². The number of methoxy groups -OCH3 is 2. The number of anilines is 2. The van der Waals surface area contributed by atoms with Crippen molar-refractivity contribution < 1.29 is 22.7 Å². The van der Waals surface area contributed by atoms with Gasteiger partial charge in [-0.15, -0.1) is 0 Å². The Morgan fingerprint density at radius 3 is 2.22 bits per heavy atom. The number of carbonyl (C=O) groups excluding carboxylic acids is 1. The van der Waals surface area contributed by atoms with E-state index in [4.69, 9.17) is 9.47 Å². The molecule has 146 valence electrons. The molecule has 0 aromatic heterocycles. The number of hydrogen-bond acceptors (Lipinski definition) is 5. The van der Waals surface area contributed by atoms with Crippen LogP contribution < -0.4 is 19.1 Å². The van der Waals surface area contributed by atoms with Crippen molar-refractivity contribution in [2.75, 3.05) is 36.6 Å². The lowest BCUT2D eigenvalue weighted by molar-refractivity contribution is -0.114. The quantitative estimate of drug-likeness (QED) is 0.783. The van der Waals surface area contributed by atoms with Crippen LogP contribution >= 0.6 is 0 Å². The number of ether oxygens (including phenoxy) is 2. The third-order valence-electron chi connectivity index (χ3n) is 4.09. The van der Waals surface area contributed by atoms with Crippen LogP contribution in [-0.2, 0) is 14.8 Å². The Balaban J connectivity index is 2.35. The van der Waals surface area contributed by atoms with Crippen molar-refractivity contribution in [3.05, 3.63) is 47.5 Å². The second-order valence-electron chi connectivity index (χ2n) is 6.12. The number of hydrogen-bond donors (Lipinski definition) is 1. The predicted molar refractivity (Wildman–Crippen MR) is 106 cm³/mol. The van der Waals surface area contributed by atoms with E-state index in [-0.39, 0.29) is 12.2 Å². The monoisotopic (exact) mass is 392 g/mol. The lowest BCUT2D eigenvalue weighted by Gasteiger charge is -2.24. The Hall–Kier alpha value is -2.74. The van der Waals surface area contributed by atoms with E-state index in [1.807, 2.05) is 32.0 Å². The van der Waals surface area contributed by atoms with Crippen LogP contribution in [0.2, 0.25) is 0 Å². The van der Waals surface area contributed by atoms with E-state index in [2.05, 4.69) is 5.32 Å². The van der Waals surface area contributed by atoms with Gasteiger partial charge in [0.15, 0.2) is 0 Å². The minimum atomic E-state index is -3.73. The fourth-order valence-corrected chi connectivity index (χ4v) is 3.55. The summed E-state index contributed by atoms with van der Waals surface area (Å²) in [6.45, 7) is 3.38. The third kappa shape index (κ3) is 4.91. The zero-order chi connectivity index (χ0) is 20.2. The van der Waals surface area contributed by atoms with Crippen molar-refractivity contribution in [1.29, 1.82) is 0 Å². The molecule has 0 unspecified atom stereocenters. The number of para-hydroxylation sites is 1. The molecule has 8 heteroatoms. The van der Waals surface area contributed by atoms with Gasteiger partial charge in [-0.25, -0.2) is 8.42 Å². The highest BCUT2D eigenvalue weighted by Crippen LogP contribution is 2.33. The summed E-state index contributed by atoms with van der Waals surface area (Å²) in [6.07, 6.45) is 1.04. The van der Waals surface area contributed by atoms with Crippen LogP contribution in [0.5, 0.6) is 11.5 Å². The van der Waals surface area contributed by atoms with Gasteiger partial charge in [0, 0.05) is 11.8 Å². The summed E-state index contributed by atoms with van der Waals surface area (Å²) in [5.41, 5.74) is 2.74. The minimum absolute atomic E-state index is 0.262. The SMILES string of the molecule is COc1ccc(N(CC(=O)Nc2c(C)cccc2C)S(C)(=O)=O)c(OC)c1. The maximum absolute atomic E-state index is 12.6. The van der Waals surface area contributed by atoms with Crippen molar-refractivity contribution in [2.45, 2.75) is 13.8 Å². The smallest absolute Gasteiger partial charge is 0.245 e. The molecule has 0 aliphatic rings. The molecular weight excluding hydrogens is 368 g/mol. The number of aryl methyl sites for hydroxylation is 2. The van der Waals surface area contributed by atoms with Crippen LogP contribution in [0.25, 0.3) is 0 Å². The third-order valence-corrected chi connectivity index (χ3v) is 5.22. The fourth-order valence-electron chi connectivity index (χ4n) is 2.69. The molecule has 1 N–H and O–H groups in total. The molecule has 2 rings (SSSR count). The molecule has 0 spiro atoms. The summed E-state index contributed by atoms with van der Waals surface area (Å²) in [5, 5.41) is 2.80. The zero-order valence-corrected chi connectivity index (χ0v) is 16.9. The number of rotatable bonds is 7. The van der Waals surface area contributed by atoms with E-state index in [0.29, 0.717) is 17.2 Å². The summed E-state index contributed by atoms with van der Waals surface area (Å²) < 4.78 is 36.1. The topological polar surface area (TPSA) is 84.9 Å². The first-order valence-corrected chi connectivity index (χ1v) is 10.1. The van der Waals surface area contributed by atoms with E-state index in [1.165, 1.54) is 14.2 Å². The summed E-state index contributed by atoms with van der Waals surface area (Å²) in [6, 6.07) is 10.4. The first-order valence-electron chi connectivity index (χ1n) is 8.23. The molecule has 7 nitrogen and oxygen atoms in total. The van der Waals surface area contributed by atoms with Crippen LogP contribution in [0.4, 0.5) is 11.4 Å². The van der Waals surface area contributed by atoms with Crippen molar-refractivity contribution >= 4 is 27.3 Å². The van der Waals surface area contributed by atoms with Crippen molar-refractivity contribution in [3.63, 3.8) is 0 Å². The van der Waals surface area contributed by atoms with Crippen LogP contribution in [0.1, 0.15) is 11.1 Å². The van der Waals surface area contributed by atoms with Crippen LogP contribution in [0.3, 0.4) is 0 Å². The molecule has 0 saturated carbocycles. The molecule has 0 atom stereocenters. The van der Waals surface area contributed by atoms with E-state index in [0.717, 1.165) is 21.7 Å². The first kappa shape index (κ1) is 20.6.